The first-order valence-electron chi connectivity index (χ1n) is 8.32. The molecule has 24 heavy (non-hydrogen) atoms. The summed E-state index contributed by atoms with van der Waals surface area (Å²) in [5.41, 5.74) is 0. The maximum Gasteiger partial charge on any atom is 0.208 e. The molecule has 0 bridgehead atoms. The summed E-state index contributed by atoms with van der Waals surface area (Å²) in [6.45, 7) is 5.83. The van der Waals surface area contributed by atoms with Gasteiger partial charge in [0, 0.05) is 31.1 Å². The third-order valence-corrected chi connectivity index (χ3v) is 6.78. The highest BCUT2D eigenvalue weighted by Gasteiger charge is 2.28. The van der Waals surface area contributed by atoms with E-state index in [0.29, 0.717) is 0 Å². The van der Waals surface area contributed by atoms with E-state index in [1.807, 2.05) is 18.3 Å². The molecular formula is C16H18N6S2. The first-order valence-corrected chi connectivity index (χ1v) is 9.95. The SMILES string of the molecule is Cc1nnc(N2CCN(c3ncnc4sc(C5CC5)cc34)CC2)s1. The van der Waals surface area contributed by atoms with Gasteiger partial charge in [-0.25, -0.2) is 9.97 Å². The maximum atomic E-state index is 4.60. The van der Waals surface area contributed by atoms with Crippen molar-refractivity contribution in [3.05, 3.63) is 22.3 Å². The van der Waals surface area contributed by atoms with Crippen molar-refractivity contribution >= 4 is 43.8 Å². The molecule has 0 amide bonds. The Labute approximate surface area is 148 Å². The number of fused-ring (bicyclic) bond motifs is 1. The number of thiophene rings is 1. The van der Waals surface area contributed by atoms with E-state index >= 15 is 0 Å². The molecule has 124 valence electrons. The number of aromatic nitrogens is 4. The third kappa shape index (κ3) is 2.53. The zero-order chi connectivity index (χ0) is 16.1. The lowest BCUT2D eigenvalue weighted by atomic mass is 10.2. The summed E-state index contributed by atoms with van der Waals surface area (Å²) in [4.78, 5) is 16.4. The van der Waals surface area contributed by atoms with Crippen molar-refractivity contribution in [2.75, 3.05) is 36.0 Å². The molecule has 1 aliphatic heterocycles. The van der Waals surface area contributed by atoms with Crippen LogP contribution in [0, 0.1) is 6.92 Å². The Balaban J connectivity index is 1.38. The molecule has 3 aromatic heterocycles. The van der Waals surface area contributed by atoms with Crippen LogP contribution >= 0.6 is 22.7 Å². The zero-order valence-electron chi connectivity index (χ0n) is 13.5. The number of piperazine rings is 1. The van der Waals surface area contributed by atoms with Gasteiger partial charge in [-0.15, -0.1) is 21.5 Å². The Bertz CT molecular complexity index is 876. The van der Waals surface area contributed by atoms with E-state index in [-0.39, 0.29) is 0 Å². The number of hydrogen-bond donors (Lipinski definition) is 0. The van der Waals surface area contributed by atoms with Crippen LogP contribution in [-0.4, -0.2) is 46.3 Å². The van der Waals surface area contributed by atoms with E-state index in [2.05, 4.69) is 36.0 Å². The molecule has 1 aliphatic carbocycles. The number of aryl methyl sites for hydroxylation is 1. The summed E-state index contributed by atoms with van der Waals surface area (Å²) in [6.07, 6.45) is 4.37. The minimum absolute atomic E-state index is 0.773. The largest absolute Gasteiger partial charge is 0.352 e. The molecule has 0 spiro atoms. The van der Waals surface area contributed by atoms with Gasteiger partial charge in [0.15, 0.2) is 0 Å². The molecule has 2 fully saturated rings. The Morgan fingerprint density at radius 1 is 1.00 bits per heavy atom. The van der Waals surface area contributed by atoms with E-state index < -0.39 is 0 Å². The van der Waals surface area contributed by atoms with Gasteiger partial charge in [-0.2, -0.15) is 0 Å². The highest BCUT2D eigenvalue weighted by Crippen LogP contribution is 2.45. The highest BCUT2D eigenvalue weighted by molar-refractivity contribution is 7.18. The fourth-order valence-corrected chi connectivity index (χ4v) is 5.11. The third-order valence-electron chi connectivity index (χ3n) is 4.67. The molecule has 6 nitrogen and oxygen atoms in total. The molecule has 0 atom stereocenters. The molecule has 4 heterocycles. The number of hydrogen-bond acceptors (Lipinski definition) is 8. The zero-order valence-corrected chi connectivity index (χ0v) is 15.1. The van der Waals surface area contributed by atoms with Gasteiger partial charge in [-0.1, -0.05) is 11.3 Å². The van der Waals surface area contributed by atoms with Gasteiger partial charge in [0.05, 0.1) is 5.39 Å². The fraction of sp³-hybridized carbons (Fsp3) is 0.500. The van der Waals surface area contributed by atoms with E-state index in [4.69, 9.17) is 0 Å². The summed E-state index contributed by atoms with van der Waals surface area (Å²) in [5.74, 6) is 1.87. The predicted molar refractivity (Wildman–Crippen MR) is 98.5 cm³/mol. The summed E-state index contributed by atoms with van der Waals surface area (Å²) >= 11 is 3.51. The van der Waals surface area contributed by atoms with Crippen molar-refractivity contribution in [1.82, 2.24) is 20.2 Å². The van der Waals surface area contributed by atoms with Gasteiger partial charge < -0.3 is 9.80 Å². The van der Waals surface area contributed by atoms with Gasteiger partial charge in [0.1, 0.15) is 22.0 Å². The van der Waals surface area contributed by atoms with E-state index in [1.165, 1.54) is 23.1 Å². The average molecular weight is 358 g/mol. The van der Waals surface area contributed by atoms with Crippen molar-refractivity contribution in [2.45, 2.75) is 25.7 Å². The Morgan fingerprint density at radius 2 is 1.79 bits per heavy atom. The van der Waals surface area contributed by atoms with E-state index in [1.54, 1.807) is 17.7 Å². The van der Waals surface area contributed by atoms with Crippen LogP contribution in [0.15, 0.2) is 12.4 Å². The summed E-state index contributed by atoms with van der Waals surface area (Å²) in [7, 11) is 0. The van der Waals surface area contributed by atoms with Crippen molar-refractivity contribution in [3.63, 3.8) is 0 Å². The molecule has 0 aromatic carbocycles. The average Bonchev–Trinajstić information content (AvgIpc) is 3.22. The van der Waals surface area contributed by atoms with Crippen LogP contribution in [0.5, 0.6) is 0 Å². The van der Waals surface area contributed by atoms with Crippen molar-refractivity contribution in [1.29, 1.82) is 0 Å². The Hall–Kier alpha value is -1.80. The Kier molecular flexibility index (Phi) is 3.41. The smallest absolute Gasteiger partial charge is 0.208 e. The molecule has 0 unspecified atom stereocenters. The normalized spacial score (nSPS) is 18.5. The minimum Gasteiger partial charge on any atom is -0.352 e. The minimum atomic E-state index is 0.773. The van der Waals surface area contributed by atoms with Crippen LogP contribution in [0.3, 0.4) is 0 Å². The second-order valence-corrected chi connectivity index (χ2v) is 8.64. The van der Waals surface area contributed by atoms with Crippen LogP contribution in [0.25, 0.3) is 10.2 Å². The van der Waals surface area contributed by atoms with Crippen LogP contribution < -0.4 is 9.80 Å². The molecule has 8 heteroatoms. The maximum absolute atomic E-state index is 4.60. The van der Waals surface area contributed by atoms with E-state index in [0.717, 1.165) is 52.9 Å². The van der Waals surface area contributed by atoms with Crippen LogP contribution in [-0.2, 0) is 0 Å². The molecule has 0 radical (unpaired) electrons. The summed E-state index contributed by atoms with van der Waals surface area (Å²) in [5, 5.41) is 11.7. The molecule has 5 rings (SSSR count). The standard InChI is InChI=1S/C16H18N6S2/c1-10-19-20-16(23-10)22-6-4-21(5-7-22)14-12-8-13(11-2-3-11)24-15(12)18-9-17-14/h8-9,11H,2-7H2,1H3. The van der Waals surface area contributed by atoms with Crippen LogP contribution in [0.4, 0.5) is 10.9 Å². The number of anilines is 2. The second kappa shape index (κ2) is 5.63. The molecule has 1 saturated carbocycles. The number of rotatable bonds is 3. The fourth-order valence-electron chi connectivity index (χ4n) is 3.21. The van der Waals surface area contributed by atoms with Gasteiger partial charge >= 0.3 is 0 Å². The second-order valence-electron chi connectivity index (χ2n) is 6.42. The van der Waals surface area contributed by atoms with Crippen molar-refractivity contribution in [2.24, 2.45) is 0 Å². The lowest BCUT2D eigenvalue weighted by Crippen LogP contribution is -2.46. The predicted octanol–water partition coefficient (Wildman–Crippen LogP) is 3.06. The monoisotopic (exact) mass is 358 g/mol. The van der Waals surface area contributed by atoms with Gasteiger partial charge in [0.2, 0.25) is 5.13 Å². The first kappa shape index (κ1) is 14.5. The summed E-state index contributed by atoms with van der Waals surface area (Å²) in [6, 6.07) is 2.33. The summed E-state index contributed by atoms with van der Waals surface area (Å²) < 4.78 is 0. The van der Waals surface area contributed by atoms with Crippen LogP contribution in [0.1, 0.15) is 28.6 Å². The molecule has 3 aromatic rings. The van der Waals surface area contributed by atoms with Crippen LogP contribution in [0.2, 0.25) is 0 Å². The van der Waals surface area contributed by atoms with Gasteiger partial charge in [0.25, 0.3) is 0 Å². The topological polar surface area (TPSA) is 58.0 Å². The number of nitrogens with zero attached hydrogens (tertiary/aromatic N) is 6. The lowest BCUT2D eigenvalue weighted by Gasteiger charge is -2.35. The first-order chi connectivity index (χ1) is 11.8. The highest BCUT2D eigenvalue weighted by atomic mass is 32.1. The molecule has 2 aliphatic rings. The van der Waals surface area contributed by atoms with Gasteiger partial charge in [-0.05, 0) is 31.7 Å². The molecule has 1 saturated heterocycles. The molecule has 0 N–H and O–H groups in total. The van der Waals surface area contributed by atoms with Crippen molar-refractivity contribution in [3.8, 4) is 0 Å². The molecular weight excluding hydrogens is 340 g/mol. The van der Waals surface area contributed by atoms with E-state index in [9.17, 15) is 0 Å². The lowest BCUT2D eigenvalue weighted by molar-refractivity contribution is 0.645. The Morgan fingerprint density at radius 3 is 2.50 bits per heavy atom. The quantitative estimate of drug-likeness (QED) is 0.717. The van der Waals surface area contributed by atoms with Gasteiger partial charge in [-0.3, -0.25) is 0 Å². The van der Waals surface area contributed by atoms with Crippen molar-refractivity contribution < 1.29 is 0 Å².